The highest BCUT2D eigenvalue weighted by Gasteiger charge is 2.20. The van der Waals surface area contributed by atoms with Crippen molar-refractivity contribution in [3.8, 4) is 11.8 Å². The number of para-hydroxylation sites is 1. The van der Waals surface area contributed by atoms with Crippen LogP contribution in [0.2, 0.25) is 0 Å². The molecule has 0 fully saturated rings. The molecule has 8 heteroatoms. The predicted molar refractivity (Wildman–Crippen MR) is 116 cm³/mol. The van der Waals surface area contributed by atoms with E-state index in [9.17, 15) is 15.2 Å². The molecule has 3 aromatic carbocycles. The van der Waals surface area contributed by atoms with E-state index in [4.69, 9.17) is 0 Å². The van der Waals surface area contributed by atoms with E-state index in [0.717, 1.165) is 16.9 Å². The lowest BCUT2D eigenvalue weighted by Crippen LogP contribution is -2.12. The lowest BCUT2D eigenvalue weighted by Gasteiger charge is -2.11. The van der Waals surface area contributed by atoms with Crippen LogP contribution in [0, 0.1) is 18.3 Å². The second-order valence-corrected chi connectivity index (χ2v) is 7.17. The number of nitrogens with zero attached hydrogens (tertiary/aromatic N) is 4. The summed E-state index contributed by atoms with van der Waals surface area (Å²) in [6, 6.07) is 19.9. The largest absolute Gasteiger partial charge is 0.505 e. The van der Waals surface area contributed by atoms with Gasteiger partial charge < -0.3 is 10.4 Å². The predicted octanol–water partition coefficient (Wildman–Crippen LogP) is 5.85. The zero-order valence-electron chi connectivity index (χ0n) is 15.8. The number of amides is 1. The number of nitrogens with one attached hydrogen (secondary N) is 1. The Balaban J connectivity index is 1.80. The van der Waals surface area contributed by atoms with E-state index in [0.29, 0.717) is 27.3 Å². The SMILES string of the molecule is Cc1nsc(N=Nc2cc3ccccc3c(C(=O)Nc3ccccc3)c2O)c1C#N. The zero-order valence-corrected chi connectivity index (χ0v) is 16.6. The van der Waals surface area contributed by atoms with Crippen LogP contribution in [0.4, 0.5) is 16.4 Å². The molecule has 7 nitrogen and oxygen atoms in total. The summed E-state index contributed by atoms with van der Waals surface area (Å²) in [5, 5.41) is 32.8. The molecule has 146 valence electrons. The lowest BCUT2D eigenvalue weighted by atomic mass is 10.0. The average Bonchev–Trinajstić information content (AvgIpc) is 3.12. The lowest BCUT2D eigenvalue weighted by molar-refractivity contribution is 0.102. The quantitative estimate of drug-likeness (QED) is 0.409. The minimum absolute atomic E-state index is 0.104. The number of aromatic nitrogens is 1. The highest BCUT2D eigenvalue weighted by molar-refractivity contribution is 7.10. The summed E-state index contributed by atoms with van der Waals surface area (Å²) < 4.78 is 4.10. The average molecular weight is 413 g/mol. The Morgan fingerprint density at radius 3 is 2.63 bits per heavy atom. The number of azo groups is 1. The van der Waals surface area contributed by atoms with Gasteiger partial charge in [-0.15, -0.1) is 10.2 Å². The molecule has 1 amide bonds. The molecule has 0 aliphatic heterocycles. The smallest absolute Gasteiger partial charge is 0.260 e. The number of fused-ring (bicyclic) bond motifs is 1. The van der Waals surface area contributed by atoms with Gasteiger partial charge in [0.25, 0.3) is 5.91 Å². The van der Waals surface area contributed by atoms with E-state index in [1.54, 1.807) is 37.3 Å². The first-order valence-corrected chi connectivity index (χ1v) is 9.75. The number of carbonyl (C=O) groups excluding carboxylic acids is 1. The number of rotatable bonds is 4. The van der Waals surface area contributed by atoms with Gasteiger partial charge in [0.2, 0.25) is 0 Å². The Morgan fingerprint density at radius 1 is 1.13 bits per heavy atom. The van der Waals surface area contributed by atoms with Gasteiger partial charge in [-0.1, -0.05) is 42.5 Å². The number of anilines is 1. The third-order valence-electron chi connectivity index (χ3n) is 4.47. The Bertz CT molecular complexity index is 1320. The monoisotopic (exact) mass is 413 g/mol. The molecule has 4 rings (SSSR count). The number of nitriles is 1. The fraction of sp³-hybridized carbons (Fsp3) is 0.0455. The van der Waals surface area contributed by atoms with Crippen molar-refractivity contribution in [3.63, 3.8) is 0 Å². The van der Waals surface area contributed by atoms with Gasteiger partial charge in [-0.2, -0.15) is 9.64 Å². The van der Waals surface area contributed by atoms with E-state index in [1.807, 2.05) is 36.4 Å². The van der Waals surface area contributed by atoms with Crippen molar-refractivity contribution < 1.29 is 9.90 Å². The third kappa shape index (κ3) is 3.62. The van der Waals surface area contributed by atoms with Crippen LogP contribution >= 0.6 is 11.5 Å². The first kappa shape index (κ1) is 19.2. The van der Waals surface area contributed by atoms with Crippen LogP contribution in [0.5, 0.6) is 5.75 Å². The summed E-state index contributed by atoms with van der Waals surface area (Å²) >= 11 is 1.05. The second-order valence-electron chi connectivity index (χ2n) is 6.42. The fourth-order valence-corrected chi connectivity index (χ4v) is 3.67. The zero-order chi connectivity index (χ0) is 21.1. The normalized spacial score (nSPS) is 10.9. The summed E-state index contributed by atoms with van der Waals surface area (Å²) in [6.07, 6.45) is 0. The van der Waals surface area contributed by atoms with Gasteiger partial charge in [0.15, 0.2) is 10.8 Å². The molecule has 0 atom stereocenters. The molecule has 0 saturated heterocycles. The van der Waals surface area contributed by atoms with Crippen molar-refractivity contribution in [2.24, 2.45) is 10.2 Å². The van der Waals surface area contributed by atoms with Gasteiger partial charge in [-0.25, -0.2) is 0 Å². The summed E-state index contributed by atoms with van der Waals surface area (Å²) in [6.45, 7) is 1.72. The minimum atomic E-state index is -0.460. The highest BCUT2D eigenvalue weighted by atomic mass is 32.1. The van der Waals surface area contributed by atoms with Gasteiger partial charge >= 0.3 is 0 Å². The van der Waals surface area contributed by atoms with Crippen LogP contribution in [-0.4, -0.2) is 15.4 Å². The molecule has 0 aliphatic rings. The number of phenolic OH excluding ortho intramolecular Hbond substituents is 1. The maximum absolute atomic E-state index is 13.0. The number of carbonyl (C=O) groups is 1. The number of hydrogen-bond donors (Lipinski definition) is 2. The number of phenols is 1. The molecule has 0 spiro atoms. The van der Waals surface area contributed by atoms with E-state index in [1.165, 1.54) is 0 Å². The summed E-state index contributed by atoms with van der Waals surface area (Å²) in [5.74, 6) is -0.746. The molecular formula is C22H15N5O2S. The Kier molecular flexibility index (Phi) is 5.20. The van der Waals surface area contributed by atoms with E-state index in [2.05, 4.69) is 19.9 Å². The summed E-state index contributed by atoms with van der Waals surface area (Å²) in [5.41, 5.74) is 1.75. The van der Waals surface area contributed by atoms with Crippen molar-refractivity contribution in [2.45, 2.75) is 6.92 Å². The van der Waals surface area contributed by atoms with E-state index >= 15 is 0 Å². The first-order valence-electron chi connectivity index (χ1n) is 8.97. The molecule has 4 aromatic rings. The number of benzene rings is 3. The summed E-state index contributed by atoms with van der Waals surface area (Å²) in [4.78, 5) is 13.0. The van der Waals surface area contributed by atoms with E-state index in [-0.39, 0.29) is 17.0 Å². The molecule has 2 N–H and O–H groups in total. The maximum Gasteiger partial charge on any atom is 0.260 e. The Labute approximate surface area is 176 Å². The van der Waals surface area contributed by atoms with Crippen molar-refractivity contribution in [1.82, 2.24) is 4.37 Å². The molecule has 0 radical (unpaired) electrons. The number of aryl methyl sites for hydroxylation is 1. The van der Waals surface area contributed by atoms with Crippen LogP contribution in [0.25, 0.3) is 10.8 Å². The van der Waals surface area contributed by atoms with Gasteiger partial charge in [-0.05, 0) is 47.4 Å². The van der Waals surface area contributed by atoms with Crippen LogP contribution < -0.4 is 5.32 Å². The summed E-state index contributed by atoms with van der Waals surface area (Å²) in [7, 11) is 0. The molecule has 0 bridgehead atoms. The minimum Gasteiger partial charge on any atom is -0.505 e. The van der Waals surface area contributed by atoms with Crippen LogP contribution in [-0.2, 0) is 0 Å². The van der Waals surface area contributed by atoms with Crippen LogP contribution in [0.1, 0.15) is 21.6 Å². The maximum atomic E-state index is 13.0. The van der Waals surface area contributed by atoms with Crippen molar-refractivity contribution in [1.29, 1.82) is 5.26 Å². The number of hydrogen-bond acceptors (Lipinski definition) is 7. The van der Waals surface area contributed by atoms with Gasteiger partial charge in [0, 0.05) is 5.69 Å². The second kappa shape index (κ2) is 8.11. The third-order valence-corrected chi connectivity index (χ3v) is 5.29. The van der Waals surface area contributed by atoms with Crippen molar-refractivity contribution >= 4 is 44.6 Å². The van der Waals surface area contributed by atoms with Crippen LogP contribution in [0.15, 0.2) is 70.9 Å². The Hall–Kier alpha value is -4.09. The molecule has 0 saturated carbocycles. The van der Waals surface area contributed by atoms with Gasteiger partial charge in [0.05, 0.1) is 11.3 Å². The molecule has 0 unspecified atom stereocenters. The standard InChI is InChI=1S/C22H15N5O2S/c1-13-17(12-23)22(30-27-13)26-25-18-11-14-7-5-6-10-16(14)19(20(18)28)21(29)24-15-8-3-2-4-9-15/h2-11,28H,1H3,(H,24,29). The highest BCUT2D eigenvalue weighted by Crippen LogP contribution is 2.39. The molecule has 0 aliphatic carbocycles. The van der Waals surface area contributed by atoms with Crippen molar-refractivity contribution in [2.75, 3.05) is 5.32 Å². The first-order chi connectivity index (χ1) is 14.6. The van der Waals surface area contributed by atoms with Crippen LogP contribution in [0.3, 0.4) is 0 Å². The number of aromatic hydroxyl groups is 1. The van der Waals surface area contributed by atoms with Gasteiger partial charge in [0.1, 0.15) is 17.3 Å². The molecule has 30 heavy (non-hydrogen) atoms. The topological polar surface area (TPSA) is 111 Å². The van der Waals surface area contributed by atoms with Gasteiger partial charge in [-0.3, -0.25) is 4.79 Å². The molecular weight excluding hydrogens is 398 g/mol. The van der Waals surface area contributed by atoms with E-state index < -0.39 is 5.91 Å². The molecule has 1 aromatic heterocycles. The fourth-order valence-electron chi connectivity index (χ4n) is 3.00. The molecule has 1 heterocycles. The van der Waals surface area contributed by atoms with Crippen molar-refractivity contribution in [3.05, 3.63) is 77.5 Å². The Morgan fingerprint density at radius 2 is 1.87 bits per heavy atom.